The van der Waals surface area contributed by atoms with Crippen LogP contribution in [0.5, 0.6) is 0 Å². The molecule has 0 spiro atoms. The molecule has 1 N–H and O–H groups in total. The Morgan fingerprint density at radius 3 is 2.68 bits per heavy atom. The van der Waals surface area contributed by atoms with Crippen molar-refractivity contribution >= 4 is 11.6 Å². The molecule has 2 aromatic carbocycles. The fraction of sp³-hybridized carbons (Fsp3) is 0. The molecule has 5 heteroatoms. The fourth-order valence-electron chi connectivity index (χ4n) is 1.52. The lowest BCUT2D eigenvalue weighted by molar-refractivity contribution is 0.102. The number of benzene rings is 2. The first-order chi connectivity index (χ1) is 9.10. The number of anilines is 1. The highest BCUT2D eigenvalue weighted by Crippen LogP contribution is 2.16. The maximum absolute atomic E-state index is 13.4. The maximum Gasteiger partial charge on any atom is 0.255 e. The number of halogens is 2. The summed E-state index contributed by atoms with van der Waals surface area (Å²) in [6.45, 7) is 0. The number of hydrogen-bond donors (Lipinski definition) is 1. The summed E-state index contributed by atoms with van der Waals surface area (Å²) in [4.78, 5) is 11.8. The summed E-state index contributed by atoms with van der Waals surface area (Å²) in [5, 5.41) is 11.0. The molecule has 2 rings (SSSR count). The molecular weight excluding hydrogens is 250 g/mol. The van der Waals surface area contributed by atoms with Gasteiger partial charge in [0.15, 0.2) is 0 Å². The highest BCUT2D eigenvalue weighted by atomic mass is 19.1. The van der Waals surface area contributed by atoms with Crippen LogP contribution in [0.25, 0.3) is 0 Å². The zero-order valence-electron chi connectivity index (χ0n) is 9.65. The normalized spacial score (nSPS) is 9.74. The lowest BCUT2D eigenvalue weighted by Crippen LogP contribution is -2.13. The number of rotatable bonds is 2. The van der Waals surface area contributed by atoms with Gasteiger partial charge in [-0.15, -0.1) is 0 Å². The van der Waals surface area contributed by atoms with Crippen LogP contribution >= 0.6 is 0 Å². The molecule has 0 saturated carbocycles. The van der Waals surface area contributed by atoms with Gasteiger partial charge in [-0.05, 0) is 30.3 Å². The van der Waals surface area contributed by atoms with Gasteiger partial charge in [-0.2, -0.15) is 5.26 Å². The number of amides is 1. The third-order valence-electron chi connectivity index (χ3n) is 2.43. The second-order valence-corrected chi connectivity index (χ2v) is 3.77. The minimum absolute atomic E-state index is 0.197. The third-order valence-corrected chi connectivity index (χ3v) is 2.43. The monoisotopic (exact) mass is 258 g/mol. The molecule has 94 valence electrons. The van der Waals surface area contributed by atoms with Gasteiger partial charge >= 0.3 is 0 Å². The summed E-state index contributed by atoms with van der Waals surface area (Å²) in [7, 11) is 0. The van der Waals surface area contributed by atoms with Crippen molar-refractivity contribution in [2.75, 3.05) is 5.32 Å². The fourth-order valence-corrected chi connectivity index (χ4v) is 1.52. The molecule has 0 unspecified atom stereocenters. The molecule has 0 saturated heterocycles. The van der Waals surface area contributed by atoms with Crippen LogP contribution in [0.3, 0.4) is 0 Å². The van der Waals surface area contributed by atoms with Crippen molar-refractivity contribution < 1.29 is 13.6 Å². The summed E-state index contributed by atoms with van der Waals surface area (Å²) in [6.07, 6.45) is 0. The van der Waals surface area contributed by atoms with Crippen LogP contribution in [0, 0.1) is 23.0 Å². The van der Waals surface area contributed by atoms with E-state index in [-0.39, 0.29) is 11.3 Å². The van der Waals surface area contributed by atoms with E-state index in [1.165, 1.54) is 18.2 Å². The van der Waals surface area contributed by atoms with Crippen molar-refractivity contribution in [3.63, 3.8) is 0 Å². The Morgan fingerprint density at radius 2 is 1.95 bits per heavy atom. The highest BCUT2D eigenvalue weighted by molar-refractivity contribution is 6.04. The zero-order chi connectivity index (χ0) is 13.8. The van der Waals surface area contributed by atoms with Gasteiger partial charge in [0.25, 0.3) is 5.91 Å². The molecule has 0 fully saturated rings. The van der Waals surface area contributed by atoms with Crippen LogP contribution in [-0.2, 0) is 0 Å². The molecule has 0 aromatic heterocycles. The molecule has 0 aliphatic carbocycles. The van der Waals surface area contributed by atoms with Gasteiger partial charge in [0.05, 0.1) is 17.3 Å². The molecule has 0 aliphatic heterocycles. The van der Waals surface area contributed by atoms with Crippen LogP contribution in [0.2, 0.25) is 0 Å². The van der Waals surface area contributed by atoms with Gasteiger partial charge in [0.2, 0.25) is 0 Å². The second kappa shape index (κ2) is 5.27. The smallest absolute Gasteiger partial charge is 0.255 e. The molecule has 0 aliphatic rings. The second-order valence-electron chi connectivity index (χ2n) is 3.77. The minimum atomic E-state index is -0.730. The molecule has 2 aromatic rings. The summed E-state index contributed by atoms with van der Waals surface area (Å²) >= 11 is 0. The van der Waals surface area contributed by atoms with E-state index in [9.17, 15) is 13.6 Å². The molecule has 0 heterocycles. The van der Waals surface area contributed by atoms with Crippen LogP contribution < -0.4 is 5.32 Å². The first-order valence-corrected chi connectivity index (χ1v) is 5.37. The highest BCUT2D eigenvalue weighted by Gasteiger charge is 2.10. The number of nitriles is 1. The Bertz CT molecular complexity index is 677. The van der Waals surface area contributed by atoms with Crippen LogP contribution in [0.15, 0.2) is 42.5 Å². The quantitative estimate of drug-likeness (QED) is 0.899. The third kappa shape index (κ3) is 2.93. The van der Waals surface area contributed by atoms with Crippen molar-refractivity contribution in [2.45, 2.75) is 0 Å². The van der Waals surface area contributed by atoms with Crippen LogP contribution in [0.1, 0.15) is 15.9 Å². The molecule has 0 radical (unpaired) electrons. The molecule has 0 bridgehead atoms. The standard InChI is InChI=1S/C14H8F2N2O/c15-11-4-5-12(16)13(7-11)18-14(19)10-3-1-2-9(6-10)8-17/h1-7H,(H,18,19). The number of nitrogens with one attached hydrogen (secondary N) is 1. The van der Waals surface area contributed by atoms with E-state index < -0.39 is 17.5 Å². The van der Waals surface area contributed by atoms with Gasteiger partial charge < -0.3 is 5.32 Å². The van der Waals surface area contributed by atoms with Crippen molar-refractivity contribution in [1.29, 1.82) is 5.26 Å². The predicted octanol–water partition coefficient (Wildman–Crippen LogP) is 3.09. The van der Waals surface area contributed by atoms with Gasteiger partial charge in [0, 0.05) is 11.6 Å². The molecule has 0 atom stereocenters. The number of nitrogens with zero attached hydrogens (tertiary/aromatic N) is 1. The van der Waals surface area contributed by atoms with Crippen molar-refractivity contribution in [3.05, 3.63) is 65.2 Å². The average Bonchev–Trinajstić information content (AvgIpc) is 2.43. The van der Waals surface area contributed by atoms with E-state index in [1.807, 2.05) is 6.07 Å². The summed E-state index contributed by atoms with van der Waals surface area (Å²) in [5.41, 5.74) is 0.266. The first-order valence-electron chi connectivity index (χ1n) is 5.37. The number of carbonyl (C=O) groups excluding carboxylic acids is 1. The average molecular weight is 258 g/mol. The van der Waals surface area contributed by atoms with E-state index in [4.69, 9.17) is 5.26 Å². The maximum atomic E-state index is 13.4. The lowest BCUT2D eigenvalue weighted by atomic mass is 10.1. The SMILES string of the molecule is N#Cc1cccc(C(=O)Nc2cc(F)ccc2F)c1. The van der Waals surface area contributed by atoms with E-state index in [2.05, 4.69) is 5.32 Å². The number of hydrogen-bond acceptors (Lipinski definition) is 2. The van der Waals surface area contributed by atoms with Crippen LogP contribution in [0.4, 0.5) is 14.5 Å². The van der Waals surface area contributed by atoms with Gasteiger partial charge in [-0.1, -0.05) is 6.07 Å². The van der Waals surface area contributed by atoms with Crippen molar-refractivity contribution in [3.8, 4) is 6.07 Å². The van der Waals surface area contributed by atoms with Gasteiger partial charge in [0.1, 0.15) is 11.6 Å². The summed E-state index contributed by atoms with van der Waals surface area (Å²) in [5.74, 6) is -1.99. The van der Waals surface area contributed by atoms with E-state index >= 15 is 0 Å². The topological polar surface area (TPSA) is 52.9 Å². The lowest BCUT2D eigenvalue weighted by Gasteiger charge is -2.06. The van der Waals surface area contributed by atoms with Gasteiger partial charge in [-0.3, -0.25) is 4.79 Å². The van der Waals surface area contributed by atoms with E-state index in [0.717, 1.165) is 18.2 Å². The minimum Gasteiger partial charge on any atom is -0.319 e. The molecule has 1 amide bonds. The molecular formula is C14H8F2N2O. The number of carbonyl (C=O) groups is 1. The Balaban J connectivity index is 2.26. The Kier molecular flexibility index (Phi) is 3.53. The van der Waals surface area contributed by atoms with E-state index in [1.54, 1.807) is 6.07 Å². The van der Waals surface area contributed by atoms with Crippen molar-refractivity contribution in [1.82, 2.24) is 0 Å². The molecule has 3 nitrogen and oxygen atoms in total. The largest absolute Gasteiger partial charge is 0.319 e. The summed E-state index contributed by atoms with van der Waals surface area (Å²) in [6, 6.07) is 10.6. The first kappa shape index (κ1) is 12.7. The summed E-state index contributed by atoms with van der Waals surface area (Å²) < 4.78 is 26.3. The Hall–Kier alpha value is -2.74. The Labute approximate surface area is 108 Å². The zero-order valence-corrected chi connectivity index (χ0v) is 9.65. The predicted molar refractivity (Wildman–Crippen MR) is 65.5 cm³/mol. The van der Waals surface area contributed by atoms with Gasteiger partial charge in [-0.25, -0.2) is 8.78 Å². The Morgan fingerprint density at radius 1 is 1.16 bits per heavy atom. The van der Waals surface area contributed by atoms with Crippen molar-refractivity contribution in [2.24, 2.45) is 0 Å². The van der Waals surface area contributed by atoms with E-state index in [0.29, 0.717) is 5.56 Å². The molecule has 19 heavy (non-hydrogen) atoms. The van der Waals surface area contributed by atoms with Crippen LogP contribution in [-0.4, -0.2) is 5.91 Å².